The Morgan fingerprint density at radius 3 is 2.13 bits per heavy atom. The number of aliphatic hydroxyl groups is 1. The van der Waals surface area contributed by atoms with Crippen LogP contribution < -0.4 is 5.32 Å². The van der Waals surface area contributed by atoms with Gasteiger partial charge in [0.2, 0.25) is 6.10 Å². The van der Waals surface area contributed by atoms with Crippen molar-refractivity contribution in [3.63, 3.8) is 0 Å². The predicted octanol–water partition coefficient (Wildman–Crippen LogP) is 5.46. The summed E-state index contributed by atoms with van der Waals surface area (Å²) >= 11 is 0. The van der Waals surface area contributed by atoms with Gasteiger partial charge in [-0.05, 0) is 81.7 Å². The molecule has 18 heteroatoms. The maximum absolute atomic E-state index is 15.7. The zero-order chi connectivity index (χ0) is 51.0. The van der Waals surface area contributed by atoms with Crippen molar-refractivity contribution in [2.75, 3.05) is 33.0 Å². The van der Waals surface area contributed by atoms with Gasteiger partial charge >= 0.3 is 35.9 Å². The van der Waals surface area contributed by atoms with Crippen LogP contribution in [-0.2, 0) is 66.6 Å². The molecule has 1 aliphatic heterocycles. The molecule has 70 heavy (non-hydrogen) atoms. The minimum Gasteiger partial charge on any atom is -0.455 e. The molecule has 4 aliphatic carbocycles. The van der Waals surface area contributed by atoms with Crippen molar-refractivity contribution >= 4 is 41.7 Å². The molecule has 11 atom stereocenters. The summed E-state index contributed by atoms with van der Waals surface area (Å²) in [5.74, 6) is -6.84. The number of fused-ring (bicyclic) bond motifs is 4. The Bertz CT molecular complexity index is 2360. The van der Waals surface area contributed by atoms with Crippen LogP contribution in [0.1, 0.15) is 110 Å². The fraction of sp³-hybridized carbons (Fsp3) is 0.596. The molecule has 18 nitrogen and oxygen atoms in total. The largest absolute Gasteiger partial charge is 0.455 e. The van der Waals surface area contributed by atoms with Gasteiger partial charge in [-0.2, -0.15) is 0 Å². The first-order valence-electron chi connectivity index (χ1n) is 23.8. The number of carbonyl (C=O) groups is 7. The highest BCUT2D eigenvalue weighted by atomic mass is 16.6. The monoisotopic (exact) mass is 975 g/mol. The molecule has 7 rings (SSSR count). The SMILES string of the molecule is CCCOCCOCC(=O)O[C@@H](C(=O)O[C@H]1C[C@@]2(O)[C@@H](OC(=O)c3ccccc3)[C@@H]3[C@]4(OC(C)=O)CO[C@@H]4CC4C[C@@]43C(=O)[C@H](OC(C)=O)C(=C1C)C2(C)C)[C@@H](NC(=O)OC(C)(C)C)c1ccccc1. The Hall–Kier alpha value is -5.69. The van der Waals surface area contributed by atoms with E-state index in [1.54, 1.807) is 90.1 Å². The summed E-state index contributed by atoms with van der Waals surface area (Å²) in [5.41, 5.74) is -7.25. The van der Waals surface area contributed by atoms with Gasteiger partial charge in [-0.1, -0.05) is 69.3 Å². The third-order valence-corrected chi connectivity index (χ3v) is 14.4. The molecule has 2 N–H and O–H groups in total. The average molecular weight is 976 g/mol. The van der Waals surface area contributed by atoms with Crippen LogP contribution in [0, 0.1) is 22.7 Å². The topological polar surface area (TPSA) is 235 Å². The van der Waals surface area contributed by atoms with E-state index in [1.165, 1.54) is 19.1 Å². The number of ether oxygens (including phenoxy) is 9. The third kappa shape index (κ3) is 9.97. The Morgan fingerprint density at radius 2 is 1.53 bits per heavy atom. The van der Waals surface area contributed by atoms with Crippen LogP contribution in [0.5, 0.6) is 0 Å². The number of hydrogen-bond donors (Lipinski definition) is 2. The predicted molar refractivity (Wildman–Crippen MR) is 245 cm³/mol. The minimum absolute atomic E-state index is 0.0264. The number of benzene rings is 2. The van der Waals surface area contributed by atoms with Gasteiger partial charge < -0.3 is 53.1 Å². The first-order valence-corrected chi connectivity index (χ1v) is 23.8. The van der Waals surface area contributed by atoms with Gasteiger partial charge in [0.25, 0.3) is 0 Å². The molecule has 1 amide bonds. The summed E-state index contributed by atoms with van der Waals surface area (Å²) < 4.78 is 53.6. The van der Waals surface area contributed by atoms with Crippen molar-refractivity contribution < 1.29 is 81.3 Å². The van der Waals surface area contributed by atoms with Crippen molar-refractivity contribution in [3.05, 3.63) is 82.9 Å². The number of esters is 5. The van der Waals surface area contributed by atoms with E-state index < -0.39 is 131 Å². The Balaban J connectivity index is 1.36. The molecule has 1 heterocycles. The van der Waals surface area contributed by atoms with Gasteiger partial charge in [0, 0.05) is 37.7 Å². The quantitative estimate of drug-likeness (QED) is 0.0866. The fourth-order valence-electron chi connectivity index (χ4n) is 11.2. The number of nitrogens with one attached hydrogen (secondary N) is 1. The lowest BCUT2D eigenvalue weighted by Gasteiger charge is -2.64. The van der Waals surface area contributed by atoms with E-state index in [-0.39, 0.29) is 43.0 Å². The molecule has 1 saturated heterocycles. The zero-order valence-corrected chi connectivity index (χ0v) is 41.2. The number of hydrogen-bond acceptors (Lipinski definition) is 17. The van der Waals surface area contributed by atoms with Crippen LogP contribution in [0.15, 0.2) is 71.8 Å². The number of alkyl carbamates (subject to hydrolysis) is 1. The molecule has 5 aliphatic rings. The lowest BCUT2D eigenvalue weighted by Crippen LogP contribution is -2.78. The molecule has 1 unspecified atom stereocenters. The van der Waals surface area contributed by atoms with E-state index >= 15 is 9.59 Å². The molecule has 2 bridgehead atoms. The highest BCUT2D eigenvalue weighted by molar-refractivity contribution is 5.98. The second-order valence-corrected chi connectivity index (χ2v) is 20.4. The van der Waals surface area contributed by atoms with E-state index in [9.17, 15) is 29.1 Å². The normalized spacial score (nSPS) is 30.2. The number of carbonyl (C=O) groups excluding carboxylic acids is 7. The second kappa shape index (κ2) is 20.2. The molecule has 0 aromatic heterocycles. The lowest BCUT2D eigenvalue weighted by atomic mass is 9.48. The van der Waals surface area contributed by atoms with Gasteiger partial charge in [-0.25, -0.2) is 19.2 Å². The molecular formula is C52H65NO17. The number of ketones is 1. The van der Waals surface area contributed by atoms with Gasteiger partial charge in [-0.3, -0.25) is 14.4 Å². The number of rotatable bonds is 17. The Labute approximate surface area is 407 Å². The molecule has 2 aromatic carbocycles. The van der Waals surface area contributed by atoms with Crippen molar-refractivity contribution in [2.45, 2.75) is 141 Å². The summed E-state index contributed by atoms with van der Waals surface area (Å²) in [6.45, 7) is 13.9. The van der Waals surface area contributed by atoms with Gasteiger partial charge in [-0.15, -0.1) is 0 Å². The maximum Gasteiger partial charge on any atom is 0.408 e. The summed E-state index contributed by atoms with van der Waals surface area (Å²) in [7, 11) is 0. The van der Waals surface area contributed by atoms with E-state index in [0.29, 0.717) is 18.6 Å². The van der Waals surface area contributed by atoms with Crippen molar-refractivity contribution in [2.24, 2.45) is 22.7 Å². The smallest absolute Gasteiger partial charge is 0.408 e. The zero-order valence-electron chi connectivity index (χ0n) is 41.2. The highest BCUT2D eigenvalue weighted by Crippen LogP contribution is 2.74. The summed E-state index contributed by atoms with van der Waals surface area (Å²) in [6, 6.07) is 14.8. The lowest BCUT2D eigenvalue weighted by molar-refractivity contribution is -0.323. The van der Waals surface area contributed by atoms with Gasteiger partial charge in [0.05, 0.1) is 31.3 Å². The molecule has 0 radical (unpaired) electrons. The van der Waals surface area contributed by atoms with Gasteiger partial charge in [0.15, 0.2) is 17.5 Å². The number of amides is 1. The van der Waals surface area contributed by atoms with E-state index in [2.05, 4.69) is 5.32 Å². The number of Topliss-reactive ketones (excluding diaryl/α,β-unsaturated/α-hetero) is 1. The summed E-state index contributed by atoms with van der Waals surface area (Å²) in [4.78, 5) is 98.7. The molecule has 3 saturated carbocycles. The highest BCUT2D eigenvalue weighted by Gasteiger charge is 2.84. The van der Waals surface area contributed by atoms with Crippen molar-refractivity contribution in [1.82, 2.24) is 5.32 Å². The second-order valence-electron chi connectivity index (χ2n) is 20.4. The van der Waals surface area contributed by atoms with E-state index in [1.807, 2.05) is 6.92 Å². The van der Waals surface area contributed by atoms with Crippen molar-refractivity contribution in [1.29, 1.82) is 0 Å². The van der Waals surface area contributed by atoms with Crippen LogP contribution in [-0.4, -0.2) is 127 Å². The van der Waals surface area contributed by atoms with Crippen LogP contribution >= 0.6 is 0 Å². The minimum atomic E-state index is -2.32. The standard InChI is InChI=1S/C52H65NO17/c1-10-21-62-22-23-63-27-37(56)67-41(39(32-17-13-11-14-18-32)53-47(60)70-48(5,6)7)46(59)66-35-26-52(61)44(68-45(58)33-19-15-12-16-20-33)42-50(25-34(50)24-36-51(42,28-64-36)69-31(4)55)43(57)40(65-30(3)54)38(29(35)2)49(52,8)9/h11-20,34-36,39-42,44,61H,10,21-28H2,1-9H3,(H,53,60)/t34?,35-,36+,39-,40+,41+,42-,44-,50+,51-,52+/m0/s1. The molecule has 380 valence electrons. The van der Waals surface area contributed by atoms with Crippen LogP contribution in [0.2, 0.25) is 0 Å². The average Bonchev–Trinajstić information content (AvgIpc) is 4.02. The van der Waals surface area contributed by atoms with Crippen LogP contribution in [0.25, 0.3) is 0 Å². The van der Waals surface area contributed by atoms with Crippen LogP contribution in [0.3, 0.4) is 0 Å². The Kier molecular flexibility index (Phi) is 15.0. The summed E-state index contributed by atoms with van der Waals surface area (Å²) in [5, 5.41) is 16.6. The van der Waals surface area contributed by atoms with Crippen molar-refractivity contribution in [3.8, 4) is 0 Å². The molecule has 1 spiro atoms. The van der Waals surface area contributed by atoms with Gasteiger partial charge in [0.1, 0.15) is 42.2 Å². The first kappa shape index (κ1) is 52.1. The maximum atomic E-state index is 15.7. The fourth-order valence-corrected chi connectivity index (χ4v) is 11.2. The molecule has 4 fully saturated rings. The molecule has 2 aromatic rings. The van der Waals surface area contributed by atoms with Crippen LogP contribution in [0.4, 0.5) is 4.79 Å². The Morgan fingerprint density at radius 1 is 0.871 bits per heavy atom. The van der Waals surface area contributed by atoms with E-state index in [4.69, 9.17) is 42.6 Å². The first-order chi connectivity index (χ1) is 33.0. The van der Waals surface area contributed by atoms with E-state index in [0.717, 1.165) is 13.3 Å². The summed E-state index contributed by atoms with van der Waals surface area (Å²) in [6.07, 6.45) is -7.73. The molecular weight excluding hydrogens is 911 g/mol. The third-order valence-electron chi connectivity index (χ3n) is 14.4.